The van der Waals surface area contributed by atoms with Crippen LogP contribution in [-0.4, -0.2) is 19.6 Å². The molecule has 2 N–H and O–H groups in total. The second-order valence-electron chi connectivity index (χ2n) is 5.56. The van der Waals surface area contributed by atoms with Gasteiger partial charge in [-0.15, -0.1) is 0 Å². The smallest absolute Gasteiger partial charge is 0.0208 e. The Labute approximate surface area is 111 Å². The van der Waals surface area contributed by atoms with Crippen LogP contribution in [0.15, 0.2) is 24.3 Å². The summed E-state index contributed by atoms with van der Waals surface area (Å²) in [6.45, 7) is 4.37. The maximum atomic E-state index is 3.62. The van der Waals surface area contributed by atoms with Gasteiger partial charge in [0.05, 0.1) is 0 Å². The second-order valence-corrected chi connectivity index (χ2v) is 5.56. The van der Waals surface area contributed by atoms with Crippen LogP contribution in [0.2, 0.25) is 0 Å². The summed E-state index contributed by atoms with van der Waals surface area (Å²) in [5.74, 6) is 0.874. The first kappa shape index (κ1) is 13.6. The van der Waals surface area contributed by atoms with E-state index in [4.69, 9.17) is 0 Å². The molecule has 1 aromatic rings. The highest BCUT2D eigenvalue weighted by Crippen LogP contribution is 2.23. The standard InChI is InChI=1S/C16H26N2/c1-13-5-3-4-6-15(13)12-18-11-14-7-9-16(17-2)10-8-14/h3-6,14,16-18H,7-12H2,1-2H3. The minimum atomic E-state index is 0.762. The monoisotopic (exact) mass is 246 g/mol. The number of rotatable bonds is 5. The lowest BCUT2D eigenvalue weighted by Gasteiger charge is -2.28. The van der Waals surface area contributed by atoms with E-state index in [0.29, 0.717) is 0 Å². The van der Waals surface area contributed by atoms with Crippen LogP contribution in [0.5, 0.6) is 0 Å². The number of hydrogen-bond acceptors (Lipinski definition) is 2. The van der Waals surface area contributed by atoms with E-state index in [2.05, 4.69) is 48.9 Å². The molecular formula is C16H26N2. The Morgan fingerprint density at radius 1 is 1.11 bits per heavy atom. The fraction of sp³-hybridized carbons (Fsp3) is 0.625. The van der Waals surface area contributed by atoms with E-state index in [0.717, 1.165) is 18.5 Å². The maximum Gasteiger partial charge on any atom is 0.0208 e. The molecule has 0 aliphatic heterocycles. The predicted molar refractivity (Wildman–Crippen MR) is 77.7 cm³/mol. The Morgan fingerprint density at radius 3 is 2.50 bits per heavy atom. The van der Waals surface area contributed by atoms with Crippen molar-refractivity contribution in [3.8, 4) is 0 Å². The zero-order chi connectivity index (χ0) is 12.8. The van der Waals surface area contributed by atoms with Crippen LogP contribution in [0, 0.1) is 12.8 Å². The zero-order valence-corrected chi connectivity index (χ0v) is 11.7. The molecule has 1 fully saturated rings. The first-order valence-electron chi connectivity index (χ1n) is 7.22. The molecular weight excluding hydrogens is 220 g/mol. The first-order chi connectivity index (χ1) is 8.79. The highest BCUT2D eigenvalue weighted by atomic mass is 14.9. The SMILES string of the molecule is CNC1CCC(CNCc2ccccc2C)CC1. The molecule has 1 saturated carbocycles. The van der Waals surface area contributed by atoms with Gasteiger partial charge in [-0.05, 0) is 63.2 Å². The van der Waals surface area contributed by atoms with Gasteiger partial charge in [-0.25, -0.2) is 0 Å². The minimum absolute atomic E-state index is 0.762. The Kier molecular flexibility index (Phi) is 5.21. The molecule has 1 aromatic carbocycles. The van der Waals surface area contributed by atoms with E-state index in [9.17, 15) is 0 Å². The van der Waals surface area contributed by atoms with Crippen LogP contribution in [0.4, 0.5) is 0 Å². The van der Waals surface area contributed by atoms with Crippen molar-refractivity contribution in [2.75, 3.05) is 13.6 Å². The van der Waals surface area contributed by atoms with Gasteiger partial charge in [-0.3, -0.25) is 0 Å². The minimum Gasteiger partial charge on any atom is -0.317 e. The Hall–Kier alpha value is -0.860. The summed E-state index contributed by atoms with van der Waals surface area (Å²) in [5.41, 5.74) is 2.82. The molecule has 0 spiro atoms. The summed E-state index contributed by atoms with van der Waals surface area (Å²) in [6.07, 6.45) is 5.42. The first-order valence-corrected chi connectivity index (χ1v) is 7.22. The number of benzene rings is 1. The third-order valence-electron chi connectivity index (χ3n) is 4.26. The molecule has 1 aliphatic rings. The highest BCUT2D eigenvalue weighted by Gasteiger charge is 2.19. The van der Waals surface area contributed by atoms with Crippen molar-refractivity contribution in [2.24, 2.45) is 5.92 Å². The van der Waals surface area contributed by atoms with Gasteiger partial charge in [-0.2, -0.15) is 0 Å². The van der Waals surface area contributed by atoms with Gasteiger partial charge < -0.3 is 10.6 Å². The van der Waals surface area contributed by atoms with Crippen molar-refractivity contribution in [1.29, 1.82) is 0 Å². The number of hydrogen-bond donors (Lipinski definition) is 2. The van der Waals surface area contributed by atoms with E-state index in [1.165, 1.54) is 43.4 Å². The van der Waals surface area contributed by atoms with E-state index in [-0.39, 0.29) is 0 Å². The summed E-state index contributed by atoms with van der Waals surface area (Å²) in [5, 5.41) is 7.02. The van der Waals surface area contributed by atoms with Crippen molar-refractivity contribution < 1.29 is 0 Å². The normalized spacial score (nSPS) is 24.1. The van der Waals surface area contributed by atoms with Crippen LogP contribution < -0.4 is 10.6 Å². The molecule has 0 aromatic heterocycles. The van der Waals surface area contributed by atoms with Gasteiger partial charge in [0, 0.05) is 12.6 Å². The lowest BCUT2D eigenvalue weighted by molar-refractivity contribution is 0.292. The molecule has 0 amide bonds. The Bertz CT molecular complexity index is 354. The second kappa shape index (κ2) is 6.91. The topological polar surface area (TPSA) is 24.1 Å². The van der Waals surface area contributed by atoms with Crippen molar-refractivity contribution in [3.05, 3.63) is 35.4 Å². The molecule has 0 bridgehead atoms. The van der Waals surface area contributed by atoms with Crippen LogP contribution >= 0.6 is 0 Å². The van der Waals surface area contributed by atoms with Gasteiger partial charge in [0.15, 0.2) is 0 Å². The highest BCUT2D eigenvalue weighted by molar-refractivity contribution is 5.25. The lowest BCUT2D eigenvalue weighted by Crippen LogP contribution is -2.33. The van der Waals surface area contributed by atoms with Gasteiger partial charge in [0.1, 0.15) is 0 Å². The molecule has 0 atom stereocenters. The van der Waals surface area contributed by atoms with Crippen molar-refractivity contribution in [2.45, 2.75) is 45.2 Å². The number of aryl methyl sites for hydroxylation is 1. The largest absolute Gasteiger partial charge is 0.317 e. The van der Waals surface area contributed by atoms with Crippen LogP contribution in [0.25, 0.3) is 0 Å². The molecule has 0 saturated heterocycles. The third-order valence-corrected chi connectivity index (χ3v) is 4.26. The molecule has 0 unspecified atom stereocenters. The average Bonchev–Trinajstić information content (AvgIpc) is 2.42. The average molecular weight is 246 g/mol. The van der Waals surface area contributed by atoms with Gasteiger partial charge in [0.25, 0.3) is 0 Å². The summed E-state index contributed by atoms with van der Waals surface area (Å²) in [6, 6.07) is 9.41. The molecule has 0 radical (unpaired) electrons. The Balaban J connectivity index is 1.69. The van der Waals surface area contributed by atoms with E-state index < -0.39 is 0 Å². The van der Waals surface area contributed by atoms with Crippen molar-refractivity contribution in [3.63, 3.8) is 0 Å². The lowest BCUT2D eigenvalue weighted by atomic mass is 9.86. The molecule has 100 valence electrons. The summed E-state index contributed by atoms with van der Waals surface area (Å²) >= 11 is 0. The molecule has 1 aliphatic carbocycles. The third kappa shape index (κ3) is 3.82. The maximum absolute atomic E-state index is 3.62. The molecule has 18 heavy (non-hydrogen) atoms. The molecule has 2 heteroatoms. The van der Waals surface area contributed by atoms with Crippen LogP contribution in [0.3, 0.4) is 0 Å². The van der Waals surface area contributed by atoms with Gasteiger partial charge in [0.2, 0.25) is 0 Å². The summed E-state index contributed by atoms with van der Waals surface area (Å²) in [4.78, 5) is 0. The molecule has 2 rings (SSSR count). The van der Waals surface area contributed by atoms with Crippen molar-refractivity contribution in [1.82, 2.24) is 10.6 Å². The fourth-order valence-electron chi connectivity index (χ4n) is 2.87. The molecule has 2 nitrogen and oxygen atoms in total. The van der Waals surface area contributed by atoms with E-state index in [1.807, 2.05) is 0 Å². The van der Waals surface area contributed by atoms with Crippen LogP contribution in [-0.2, 0) is 6.54 Å². The Morgan fingerprint density at radius 2 is 1.83 bits per heavy atom. The van der Waals surface area contributed by atoms with E-state index in [1.54, 1.807) is 0 Å². The number of nitrogens with one attached hydrogen (secondary N) is 2. The molecule has 0 heterocycles. The van der Waals surface area contributed by atoms with Gasteiger partial charge >= 0.3 is 0 Å². The quantitative estimate of drug-likeness (QED) is 0.835. The fourth-order valence-corrected chi connectivity index (χ4v) is 2.87. The van der Waals surface area contributed by atoms with Crippen molar-refractivity contribution >= 4 is 0 Å². The van der Waals surface area contributed by atoms with Gasteiger partial charge in [-0.1, -0.05) is 24.3 Å². The zero-order valence-electron chi connectivity index (χ0n) is 11.7. The van der Waals surface area contributed by atoms with E-state index >= 15 is 0 Å². The summed E-state index contributed by atoms with van der Waals surface area (Å²) in [7, 11) is 2.08. The van der Waals surface area contributed by atoms with Crippen LogP contribution in [0.1, 0.15) is 36.8 Å². The summed E-state index contributed by atoms with van der Waals surface area (Å²) < 4.78 is 0. The predicted octanol–water partition coefficient (Wildman–Crippen LogP) is 2.86.